The Morgan fingerprint density at radius 3 is 0.956 bits per heavy atom. The van der Waals surface area contributed by atoms with Crippen molar-refractivity contribution >= 4 is 127 Å². The molecule has 0 N–H and O–H groups in total. The summed E-state index contributed by atoms with van der Waals surface area (Å²) < 4.78 is 17.1. The molecule has 13 aromatic rings. The molecule has 0 aromatic heterocycles. The number of fused-ring (bicyclic) bond motifs is 6. The monoisotopic (exact) mass is 878 g/mol. The Balaban J connectivity index is 1.31. The lowest BCUT2D eigenvalue weighted by atomic mass is 9.80. The van der Waals surface area contributed by atoms with Crippen LogP contribution in [0.1, 0.15) is 10.4 Å². The second-order valence-electron chi connectivity index (χ2n) is 17.4. The standard InChI is InChI=1S/C62H42N2O4/c1-66-44-26-20-41(21-27-44)63(40-18-16-37(36-65)17-19-40)53-34-32-49-47-12-4-9-39-11-7-15-52(56(39)47)60-57(49)61(53)59-51-14-6-10-38-8-5-13-48(55(38)51)50-33-35-54(62(60)58(50)59)64(42-22-28-45(67-2)29-23-42)43-24-30-46(68-3)31-25-43/h4-36H,1-3H3. The van der Waals surface area contributed by atoms with Gasteiger partial charge in [0.2, 0.25) is 0 Å². The molecule has 0 aliphatic heterocycles. The molecule has 68 heavy (non-hydrogen) atoms. The molecule has 0 unspecified atom stereocenters. The predicted molar refractivity (Wildman–Crippen MR) is 283 cm³/mol. The number of nitrogens with zero attached hydrogens (tertiary/aromatic N) is 2. The van der Waals surface area contributed by atoms with Crippen molar-refractivity contribution in [2.24, 2.45) is 0 Å². The van der Waals surface area contributed by atoms with E-state index in [-0.39, 0.29) is 0 Å². The third-order valence-corrected chi connectivity index (χ3v) is 14.1. The summed E-state index contributed by atoms with van der Waals surface area (Å²) in [5.41, 5.74) is 6.56. The smallest absolute Gasteiger partial charge is 0.150 e. The van der Waals surface area contributed by atoms with E-state index in [0.717, 1.165) is 68.4 Å². The molecular weight excluding hydrogens is 837 g/mol. The quantitative estimate of drug-likeness (QED) is 0.0775. The molecule has 0 saturated carbocycles. The summed E-state index contributed by atoms with van der Waals surface area (Å²) in [6.07, 6.45) is 0.899. The van der Waals surface area contributed by atoms with Gasteiger partial charge in [0.15, 0.2) is 0 Å². The van der Waals surface area contributed by atoms with Gasteiger partial charge in [-0.15, -0.1) is 0 Å². The average Bonchev–Trinajstić information content (AvgIpc) is 3.40. The normalized spacial score (nSPS) is 11.8. The maximum atomic E-state index is 12.1. The Hall–Kier alpha value is -8.87. The maximum absolute atomic E-state index is 12.1. The van der Waals surface area contributed by atoms with Gasteiger partial charge < -0.3 is 24.0 Å². The number of hydrogen-bond donors (Lipinski definition) is 0. The van der Waals surface area contributed by atoms with E-state index in [9.17, 15) is 4.79 Å². The Morgan fingerprint density at radius 2 is 0.618 bits per heavy atom. The Kier molecular flexibility index (Phi) is 8.92. The van der Waals surface area contributed by atoms with E-state index in [1.54, 1.807) is 21.3 Å². The fraction of sp³-hybridized carbons (Fsp3) is 0.0484. The van der Waals surface area contributed by atoms with Gasteiger partial charge in [-0.2, -0.15) is 0 Å². The molecule has 0 bridgehead atoms. The minimum atomic E-state index is 0.616. The van der Waals surface area contributed by atoms with Crippen LogP contribution in [-0.4, -0.2) is 27.6 Å². The van der Waals surface area contributed by atoms with Crippen LogP contribution in [0.4, 0.5) is 34.1 Å². The lowest BCUT2D eigenvalue weighted by Crippen LogP contribution is -2.12. The van der Waals surface area contributed by atoms with E-state index in [4.69, 9.17) is 14.2 Å². The van der Waals surface area contributed by atoms with Gasteiger partial charge in [0.1, 0.15) is 23.5 Å². The third-order valence-electron chi connectivity index (χ3n) is 14.1. The molecule has 13 rings (SSSR count). The highest BCUT2D eigenvalue weighted by atomic mass is 16.5. The van der Waals surface area contributed by atoms with Crippen molar-refractivity contribution in [2.45, 2.75) is 0 Å². The van der Waals surface area contributed by atoms with Crippen LogP contribution in [0.25, 0.3) is 86.2 Å². The van der Waals surface area contributed by atoms with E-state index < -0.39 is 0 Å². The topological polar surface area (TPSA) is 51.2 Å². The number of anilines is 6. The number of benzene rings is 13. The zero-order chi connectivity index (χ0) is 45.6. The zero-order valence-electron chi connectivity index (χ0n) is 37.6. The van der Waals surface area contributed by atoms with Crippen LogP contribution in [0.5, 0.6) is 17.2 Å². The van der Waals surface area contributed by atoms with Gasteiger partial charge in [0.05, 0.1) is 32.7 Å². The number of carbonyl (C=O) groups is 1. The minimum absolute atomic E-state index is 0.616. The molecule has 0 amide bonds. The van der Waals surface area contributed by atoms with E-state index in [0.29, 0.717) is 5.56 Å². The molecule has 6 nitrogen and oxygen atoms in total. The first kappa shape index (κ1) is 39.5. The number of methoxy groups -OCH3 is 3. The fourth-order valence-corrected chi connectivity index (χ4v) is 11.1. The molecule has 324 valence electrons. The van der Waals surface area contributed by atoms with Gasteiger partial charge >= 0.3 is 0 Å². The van der Waals surface area contributed by atoms with Crippen molar-refractivity contribution in [3.05, 3.63) is 200 Å². The van der Waals surface area contributed by atoms with Crippen molar-refractivity contribution < 1.29 is 19.0 Å². The highest BCUT2D eigenvalue weighted by Gasteiger charge is 2.29. The van der Waals surface area contributed by atoms with Crippen molar-refractivity contribution in [1.29, 1.82) is 0 Å². The van der Waals surface area contributed by atoms with Gasteiger partial charge in [0, 0.05) is 60.6 Å². The molecule has 13 aromatic carbocycles. The summed E-state index contributed by atoms with van der Waals surface area (Å²) in [6, 6.07) is 69.0. The first-order valence-corrected chi connectivity index (χ1v) is 22.8. The summed E-state index contributed by atoms with van der Waals surface area (Å²) in [5, 5.41) is 19.0. The largest absolute Gasteiger partial charge is 0.497 e. The van der Waals surface area contributed by atoms with Crippen molar-refractivity contribution in [2.75, 3.05) is 31.1 Å². The Morgan fingerprint density at radius 1 is 0.309 bits per heavy atom. The molecule has 0 heterocycles. The van der Waals surface area contributed by atoms with Gasteiger partial charge in [-0.1, -0.05) is 84.9 Å². The molecule has 0 saturated heterocycles. The van der Waals surface area contributed by atoms with Crippen LogP contribution < -0.4 is 24.0 Å². The van der Waals surface area contributed by atoms with Gasteiger partial charge in [-0.25, -0.2) is 0 Å². The lowest BCUT2D eigenvalue weighted by Gasteiger charge is -2.32. The van der Waals surface area contributed by atoms with Gasteiger partial charge in [-0.05, 0) is 163 Å². The Labute approximate surface area is 392 Å². The number of ether oxygens (including phenoxy) is 3. The second kappa shape index (κ2) is 15.4. The number of hydrogen-bond acceptors (Lipinski definition) is 6. The SMILES string of the molecule is COc1ccc(N(c2ccc(C=O)cc2)c2ccc3c4cccc5cccc(c54)c4c5c(N(c6ccc(OC)cc6)c6ccc(OC)cc6)ccc6c7cccc8cccc(c87)c(c2c34)c65)cc1. The summed E-state index contributed by atoms with van der Waals surface area (Å²) in [6.45, 7) is 0. The predicted octanol–water partition coefficient (Wildman–Crippen LogP) is 16.6. The van der Waals surface area contributed by atoms with Crippen LogP contribution in [0.15, 0.2) is 194 Å². The minimum Gasteiger partial charge on any atom is -0.497 e. The van der Waals surface area contributed by atoms with Crippen LogP contribution in [0.2, 0.25) is 0 Å². The lowest BCUT2D eigenvalue weighted by molar-refractivity contribution is 0.112. The molecule has 0 spiro atoms. The third kappa shape index (κ3) is 5.74. The van der Waals surface area contributed by atoms with Crippen LogP contribution >= 0.6 is 0 Å². The van der Waals surface area contributed by atoms with Gasteiger partial charge in [0.25, 0.3) is 0 Å². The van der Waals surface area contributed by atoms with E-state index in [1.807, 2.05) is 60.7 Å². The summed E-state index contributed by atoms with van der Waals surface area (Å²) >= 11 is 0. The van der Waals surface area contributed by atoms with Crippen LogP contribution in [0.3, 0.4) is 0 Å². The molecule has 6 heteroatoms. The van der Waals surface area contributed by atoms with Crippen molar-refractivity contribution in [1.82, 2.24) is 0 Å². The average molecular weight is 879 g/mol. The van der Waals surface area contributed by atoms with Crippen molar-refractivity contribution in [3.8, 4) is 17.2 Å². The number of aldehydes is 1. The molecule has 0 atom stereocenters. The van der Waals surface area contributed by atoms with Crippen LogP contribution in [0, 0.1) is 0 Å². The molecule has 0 fully saturated rings. The maximum Gasteiger partial charge on any atom is 0.150 e. The van der Waals surface area contributed by atoms with E-state index in [2.05, 4.69) is 143 Å². The van der Waals surface area contributed by atoms with E-state index in [1.165, 1.54) is 75.4 Å². The molecule has 0 aliphatic rings. The first-order chi connectivity index (χ1) is 33.6. The highest BCUT2D eigenvalue weighted by Crippen LogP contribution is 2.57. The molecular formula is C62H42N2O4. The molecule has 0 aliphatic carbocycles. The fourth-order valence-electron chi connectivity index (χ4n) is 11.1. The first-order valence-electron chi connectivity index (χ1n) is 22.8. The summed E-state index contributed by atoms with van der Waals surface area (Å²) in [4.78, 5) is 16.8. The number of rotatable bonds is 10. The van der Waals surface area contributed by atoms with Gasteiger partial charge in [-0.3, -0.25) is 4.79 Å². The van der Waals surface area contributed by atoms with Crippen LogP contribution in [-0.2, 0) is 0 Å². The van der Waals surface area contributed by atoms with E-state index >= 15 is 0 Å². The Bertz CT molecular complexity index is 4030. The van der Waals surface area contributed by atoms with Crippen molar-refractivity contribution in [3.63, 3.8) is 0 Å². The number of carbonyl (C=O) groups excluding carboxylic acids is 1. The highest BCUT2D eigenvalue weighted by molar-refractivity contribution is 6.50. The zero-order valence-corrected chi connectivity index (χ0v) is 37.6. The summed E-state index contributed by atoms with van der Waals surface area (Å²) in [5.74, 6) is 2.34. The second-order valence-corrected chi connectivity index (χ2v) is 17.4. The summed E-state index contributed by atoms with van der Waals surface area (Å²) in [7, 11) is 5.11. The molecule has 0 radical (unpaired) electrons.